The summed E-state index contributed by atoms with van der Waals surface area (Å²) in [7, 11) is 0. The van der Waals surface area contributed by atoms with E-state index in [0.717, 1.165) is 58.5 Å². The van der Waals surface area contributed by atoms with E-state index >= 15 is 0 Å². The van der Waals surface area contributed by atoms with Gasteiger partial charge in [0.25, 0.3) is 0 Å². The number of fused-ring (bicyclic) bond motifs is 1. The SMILES string of the molecule is NN=NC1(c2ccc(-c3nn4c(-c5ccc(F)cc5)c(Br)nc4cc3-c3ccccc3)cc2)CCC1. The zero-order valence-electron chi connectivity index (χ0n) is 19.3. The quantitative estimate of drug-likeness (QED) is 0.144. The smallest absolute Gasteiger partial charge is 0.156 e. The van der Waals surface area contributed by atoms with Crippen molar-refractivity contribution in [3.63, 3.8) is 0 Å². The minimum Gasteiger partial charge on any atom is -0.305 e. The van der Waals surface area contributed by atoms with E-state index in [1.165, 1.54) is 12.1 Å². The largest absolute Gasteiger partial charge is 0.305 e. The van der Waals surface area contributed by atoms with E-state index in [4.69, 9.17) is 15.9 Å². The van der Waals surface area contributed by atoms with Gasteiger partial charge in [-0.05, 0) is 76.7 Å². The van der Waals surface area contributed by atoms with E-state index in [1.54, 1.807) is 12.1 Å². The molecule has 0 spiro atoms. The lowest BCUT2D eigenvalue weighted by Gasteiger charge is -2.37. The minimum absolute atomic E-state index is 0.290. The zero-order chi connectivity index (χ0) is 24.7. The Bertz CT molecular complexity index is 1570. The summed E-state index contributed by atoms with van der Waals surface area (Å²) in [5, 5.41) is 13.0. The average Bonchev–Trinajstić information content (AvgIpc) is 3.21. The molecular formula is C28H22BrFN6. The Kier molecular flexibility index (Phi) is 5.60. The van der Waals surface area contributed by atoms with Crippen LogP contribution in [-0.4, -0.2) is 14.6 Å². The molecule has 8 heteroatoms. The summed E-state index contributed by atoms with van der Waals surface area (Å²) in [5.41, 5.74) is 6.85. The number of hydrogen-bond acceptors (Lipinski definition) is 4. The summed E-state index contributed by atoms with van der Waals surface area (Å²) in [4.78, 5) is 4.71. The normalized spacial score (nSPS) is 14.8. The summed E-state index contributed by atoms with van der Waals surface area (Å²) in [6.45, 7) is 0. The molecule has 1 saturated carbocycles. The van der Waals surface area contributed by atoms with Gasteiger partial charge in [0, 0.05) is 16.7 Å². The van der Waals surface area contributed by atoms with Gasteiger partial charge in [-0.15, -0.1) is 0 Å². The van der Waals surface area contributed by atoms with Crippen molar-refractivity contribution >= 4 is 21.6 Å². The zero-order valence-corrected chi connectivity index (χ0v) is 20.9. The van der Waals surface area contributed by atoms with E-state index in [-0.39, 0.29) is 11.4 Å². The van der Waals surface area contributed by atoms with Gasteiger partial charge in [-0.25, -0.2) is 13.9 Å². The summed E-state index contributed by atoms with van der Waals surface area (Å²) in [6, 6.07) is 26.9. The number of nitrogens with two attached hydrogens (primary N) is 1. The first-order valence-electron chi connectivity index (χ1n) is 11.7. The lowest BCUT2D eigenvalue weighted by molar-refractivity contribution is 0.242. The third kappa shape index (κ3) is 3.78. The number of aromatic nitrogens is 3. The molecule has 6 rings (SSSR count). The third-order valence-corrected chi connectivity index (χ3v) is 7.45. The molecule has 3 aromatic carbocycles. The van der Waals surface area contributed by atoms with Crippen molar-refractivity contribution in [2.24, 2.45) is 16.2 Å². The van der Waals surface area contributed by atoms with Crippen molar-refractivity contribution in [3.05, 3.63) is 101 Å². The lowest BCUT2D eigenvalue weighted by Crippen LogP contribution is -2.31. The Morgan fingerprint density at radius 1 is 0.889 bits per heavy atom. The Morgan fingerprint density at radius 3 is 2.22 bits per heavy atom. The van der Waals surface area contributed by atoms with Gasteiger partial charge in [-0.3, -0.25) is 0 Å². The maximum absolute atomic E-state index is 13.6. The van der Waals surface area contributed by atoms with Crippen LogP contribution in [0.15, 0.2) is 99.9 Å². The average molecular weight is 541 g/mol. The van der Waals surface area contributed by atoms with Gasteiger partial charge in [-0.1, -0.05) is 59.8 Å². The molecule has 0 saturated heterocycles. The molecule has 0 unspecified atom stereocenters. The van der Waals surface area contributed by atoms with Crippen LogP contribution in [-0.2, 0) is 5.54 Å². The second-order valence-corrected chi connectivity index (χ2v) is 9.73. The van der Waals surface area contributed by atoms with Crippen LogP contribution in [0.1, 0.15) is 24.8 Å². The summed E-state index contributed by atoms with van der Waals surface area (Å²) in [6.07, 6.45) is 2.99. The standard InChI is InChI=1S/C28H22BrFN6/c29-27-26(20-9-13-22(30)14-10-20)36-24(32-27)17-23(18-5-2-1-3-6-18)25(33-36)19-7-11-21(12-8-19)28(34-35-31)15-4-16-28/h1-3,5-14,17H,4,15-16H2,(H2,31,34). The topological polar surface area (TPSA) is 80.9 Å². The van der Waals surface area contributed by atoms with Crippen LogP contribution < -0.4 is 5.84 Å². The fourth-order valence-electron chi connectivity index (χ4n) is 4.86. The predicted octanol–water partition coefficient (Wildman–Crippen LogP) is 7.34. The first kappa shape index (κ1) is 22.5. The lowest BCUT2D eigenvalue weighted by atomic mass is 9.72. The summed E-state index contributed by atoms with van der Waals surface area (Å²) in [5.74, 6) is 5.12. The fourth-order valence-corrected chi connectivity index (χ4v) is 5.43. The van der Waals surface area contributed by atoms with Crippen molar-refractivity contribution in [2.45, 2.75) is 24.8 Å². The molecule has 1 fully saturated rings. The maximum Gasteiger partial charge on any atom is 0.156 e. The first-order valence-corrected chi connectivity index (χ1v) is 12.5. The van der Waals surface area contributed by atoms with Crippen LogP contribution >= 0.6 is 15.9 Å². The molecule has 2 N–H and O–H groups in total. The van der Waals surface area contributed by atoms with Crippen LogP contribution in [0.4, 0.5) is 4.39 Å². The molecule has 5 aromatic rings. The van der Waals surface area contributed by atoms with Crippen molar-refractivity contribution in [1.82, 2.24) is 14.6 Å². The molecule has 2 heterocycles. The third-order valence-electron chi connectivity index (χ3n) is 6.89. The number of hydrogen-bond donors (Lipinski definition) is 1. The molecule has 36 heavy (non-hydrogen) atoms. The van der Waals surface area contributed by atoms with Crippen molar-refractivity contribution in [1.29, 1.82) is 0 Å². The fraction of sp³-hybridized carbons (Fsp3) is 0.143. The van der Waals surface area contributed by atoms with Crippen molar-refractivity contribution in [2.75, 3.05) is 0 Å². The first-order chi connectivity index (χ1) is 17.6. The molecule has 0 radical (unpaired) electrons. The summed E-state index contributed by atoms with van der Waals surface area (Å²) < 4.78 is 16.0. The highest BCUT2D eigenvalue weighted by atomic mass is 79.9. The molecule has 178 valence electrons. The van der Waals surface area contributed by atoms with Crippen LogP contribution in [0.2, 0.25) is 0 Å². The van der Waals surface area contributed by atoms with Gasteiger partial charge in [0.15, 0.2) is 5.65 Å². The molecule has 1 aliphatic rings. The van der Waals surface area contributed by atoms with Gasteiger partial charge in [0.1, 0.15) is 21.7 Å². The second-order valence-electron chi connectivity index (χ2n) is 8.98. The van der Waals surface area contributed by atoms with Crippen LogP contribution in [0.5, 0.6) is 0 Å². The molecule has 1 aliphatic carbocycles. The number of benzene rings is 3. The highest BCUT2D eigenvalue weighted by Gasteiger charge is 2.39. The Labute approximate surface area is 215 Å². The number of rotatable bonds is 5. The highest BCUT2D eigenvalue weighted by molar-refractivity contribution is 9.10. The van der Waals surface area contributed by atoms with Crippen molar-refractivity contribution in [3.8, 4) is 33.6 Å². The van der Waals surface area contributed by atoms with E-state index < -0.39 is 0 Å². The highest BCUT2D eigenvalue weighted by Crippen LogP contribution is 2.45. The summed E-state index contributed by atoms with van der Waals surface area (Å²) >= 11 is 3.59. The van der Waals surface area contributed by atoms with Crippen LogP contribution in [0.25, 0.3) is 39.3 Å². The molecule has 0 amide bonds. The van der Waals surface area contributed by atoms with E-state index in [0.29, 0.717) is 10.3 Å². The minimum atomic E-state index is -0.322. The van der Waals surface area contributed by atoms with Gasteiger partial charge in [0.2, 0.25) is 0 Å². The number of imidazole rings is 1. The molecule has 0 aliphatic heterocycles. The number of nitrogens with zero attached hydrogens (tertiary/aromatic N) is 5. The Hall–Kier alpha value is -3.91. The molecule has 2 aromatic heterocycles. The van der Waals surface area contributed by atoms with E-state index in [1.807, 2.05) is 28.8 Å². The van der Waals surface area contributed by atoms with E-state index in [2.05, 4.69) is 62.7 Å². The molecule has 0 atom stereocenters. The van der Waals surface area contributed by atoms with Crippen molar-refractivity contribution < 1.29 is 4.39 Å². The second kappa shape index (κ2) is 8.95. The molecular weight excluding hydrogens is 519 g/mol. The molecule has 6 nitrogen and oxygen atoms in total. The van der Waals surface area contributed by atoms with Gasteiger partial charge in [-0.2, -0.15) is 10.2 Å². The Balaban J connectivity index is 1.54. The Morgan fingerprint density at radius 2 is 1.58 bits per heavy atom. The van der Waals surface area contributed by atoms with Gasteiger partial charge in [0.05, 0.1) is 5.69 Å². The predicted molar refractivity (Wildman–Crippen MR) is 142 cm³/mol. The molecule has 0 bridgehead atoms. The monoisotopic (exact) mass is 540 g/mol. The van der Waals surface area contributed by atoms with E-state index in [9.17, 15) is 4.39 Å². The van der Waals surface area contributed by atoms with Crippen LogP contribution in [0.3, 0.4) is 0 Å². The van der Waals surface area contributed by atoms with Gasteiger partial charge >= 0.3 is 0 Å². The van der Waals surface area contributed by atoms with Crippen LogP contribution in [0, 0.1) is 5.82 Å². The van der Waals surface area contributed by atoms with Gasteiger partial charge < -0.3 is 5.84 Å². The number of halogens is 2. The maximum atomic E-state index is 13.6.